The number of aryl methyl sites for hydroxylation is 2. The Bertz CT molecular complexity index is 1970. The Hall–Kier alpha value is -4.10. The SMILES string of the molecule is Cc1cc(S(=O)(=O)NC(=O)c2ccc(-c3ccc(N(CCCc4ccccc4)[C@H]4C[C@H]5C[C@@H]([C@@H]4C)C5(C)C)cc3)cc2)ccc1NCC1CCCCC1. The Balaban J connectivity index is 0.996. The zero-order valence-electron chi connectivity index (χ0n) is 32.0. The van der Waals surface area contributed by atoms with Crippen molar-refractivity contribution in [3.8, 4) is 11.1 Å². The summed E-state index contributed by atoms with van der Waals surface area (Å²) >= 11 is 0. The molecule has 4 aromatic rings. The van der Waals surface area contributed by atoms with Gasteiger partial charge in [-0.1, -0.05) is 94.6 Å². The largest absolute Gasteiger partial charge is 0.385 e. The fourth-order valence-corrected chi connectivity index (χ4v) is 10.7. The van der Waals surface area contributed by atoms with Crippen LogP contribution in [-0.4, -0.2) is 33.5 Å². The highest BCUT2D eigenvalue weighted by molar-refractivity contribution is 7.90. The summed E-state index contributed by atoms with van der Waals surface area (Å²) in [7, 11) is -4.03. The first-order valence-electron chi connectivity index (χ1n) is 19.9. The zero-order valence-corrected chi connectivity index (χ0v) is 32.8. The molecule has 1 amide bonds. The van der Waals surface area contributed by atoms with Gasteiger partial charge in [0.1, 0.15) is 0 Å². The molecule has 2 N–H and O–H groups in total. The molecule has 0 aliphatic heterocycles. The molecule has 4 aliphatic carbocycles. The summed E-state index contributed by atoms with van der Waals surface area (Å²) in [6.07, 6.45) is 11.2. The summed E-state index contributed by atoms with van der Waals surface area (Å²) in [5, 5.41) is 3.51. The van der Waals surface area contributed by atoms with E-state index in [0.717, 1.165) is 60.1 Å². The fourth-order valence-electron chi connectivity index (χ4n) is 9.66. The number of rotatable bonds is 13. The van der Waals surface area contributed by atoms with E-state index in [2.05, 4.69) is 90.3 Å². The number of anilines is 2. The molecule has 0 heterocycles. The van der Waals surface area contributed by atoms with Crippen LogP contribution in [0.25, 0.3) is 11.1 Å². The summed E-state index contributed by atoms with van der Waals surface area (Å²) < 4.78 is 28.7. The minimum atomic E-state index is -4.03. The molecule has 0 aromatic heterocycles. The molecule has 8 rings (SSSR count). The maximum atomic E-state index is 13.2. The van der Waals surface area contributed by atoms with Crippen LogP contribution in [0.4, 0.5) is 11.4 Å². The van der Waals surface area contributed by atoms with E-state index in [1.165, 1.54) is 56.2 Å². The number of hydrogen-bond acceptors (Lipinski definition) is 5. The van der Waals surface area contributed by atoms with Crippen molar-refractivity contribution in [1.82, 2.24) is 4.72 Å². The van der Waals surface area contributed by atoms with Crippen LogP contribution in [0.15, 0.2) is 102 Å². The average molecular weight is 732 g/mol. The molecule has 4 aliphatic rings. The number of benzene rings is 4. The second kappa shape index (κ2) is 15.7. The van der Waals surface area contributed by atoms with E-state index in [-0.39, 0.29) is 4.90 Å². The van der Waals surface area contributed by atoms with Crippen LogP contribution in [0.1, 0.15) is 93.6 Å². The van der Waals surface area contributed by atoms with Gasteiger partial charge in [-0.3, -0.25) is 4.79 Å². The van der Waals surface area contributed by atoms with E-state index >= 15 is 0 Å². The lowest BCUT2D eigenvalue weighted by molar-refractivity contribution is -0.109. The van der Waals surface area contributed by atoms with Crippen molar-refractivity contribution in [3.63, 3.8) is 0 Å². The second-order valence-corrected chi connectivity index (χ2v) is 18.4. The molecule has 4 fully saturated rings. The van der Waals surface area contributed by atoms with Crippen molar-refractivity contribution in [2.24, 2.45) is 29.1 Å². The van der Waals surface area contributed by atoms with Crippen LogP contribution in [0.3, 0.4) is 0 Å². The number of sulfonamides is 1. The number of amides is 1. The third-order valence-electron chi connectivity index (χ3n) is 13.1. The lowest BCUT2D eigenvalue weighted by atomic mass is 9.44. The van der Waals surface area contributed by atoms with Crippen LogP contribution >= 0.6 is 0 Å². The molecule has 0 radical (unpaired) electrons. The normalized spacial score (nSPS) is 22.4. The molecule has 6 nitrogen and oxygen atoms in total. The van der Waals surface area contributed by atoms with Crippen molar-refractivity contribution >= 4 is 27.3 Å². The number of nitrogens with one attached hydrogen (secondary N) is 2. The van der Waals surface area contributed by atoms with Gasteiger partial charge in [0.25, 0.3) is 15.9 Å². The van der Waals surface area contributed by atoms with Crippen LogP contribution in [0.2, 0.25) is 0 Å². The van der Waals surface area contributed by atoms with Gasteiger partial charge in [-0.2, -0.15) is 0 Å². The molecule has 0 unspecified atom stereocenters. The van der Waals surface area contributed by atoms with Crippen molar-refractivity contribution in [2.75, 3.05) is 23.3 Å². The van der Waals surface area contributed by atoms with E-state index in [1.807, 2.05) is 19.1 Å². The Morgan fingerprint density at radius 3 is 2.17 bits per heavy atom. The van der Waals surface area contributed by atoms with Gasteiger partial charge < -0.3 is 10.2 Å². The van der Waals surface area contributed by atoms with Gasteiger partial charge in [0.15, 0.2) is 0 Å². The molecule has 4 aromatic carbocycles. The average Bonchev–Trinajstić information content (AvgIpc) is 3.17. The molecular formula is C46H57N3O3S. The Morgan fingerprint density at radius 1 is 0.849 bits per heavy atom. The van der Waals surface area contributed by atoms with Gasteiger partial charge in [0, 0.05) is 36.1 Å². The van der Waals surface area contributed by atoms with Gasteiger partial charge in [0.2, 0.25) is 0 Å². The number of carbonyl (C=O) groups excluding carboxylic acids is 1. The third kappa shape index (κ3) is 8.21. The van der Waals surface area contributed by atoms with Gasteiger partial charge in [-0.15, -0.1) is 0 Å². The first kappa shape index (κ1) is 37.2. The topological polar surface area (TPSA) is 78.5 Å². The van der Waals surface area contributed by atoms with E-state index in [9.17, 15) is 13.2 Å². The summed E-state index contributed by atoms with van der Waals surface area (Å²) in [6.45, 7) is 11.2. The molecule has 0 spiro atoms. The standard InChI is InChI=1S/C46H57N3O3S/c1-32-28-41(25-26-43(32)47-31-35-14-9-6-10-15-35)53(51,52)48-45(50)38-19-17-36(18-20-38)37-21-23-40(24-22-37)49(27-11-16-34-12-7-5-8-13-34)44-30-39-29-42(33(44)2)46(39,3)4/h5,7-8,12-13,17-26,28,33,35,39,42,44,47H,6,9-11,14-16,27,29-31H2,1-4H3,(H,48,50)/t33-,39+,42-,44-/m0/s1. The molecule has 0 saturated heterocycles. The molecule has 7 heteroatoms. The molecule has 2 bridgehead atoms. The van der Waals surface area contributed by atoms with Crippen molar-refractivity contribution in [2.45, 2.75) is 96.4 Å². The van der Waals surface area contributed by atoms with Crippen LogP contribution in [0.5, 0.6) is 0 Å². The highest BCUT2D eigenvalue weighted by Gasteiger charge is 2.57. The van der Waals surface area contributed by atoms with Crippen molar-refractivity contribution < 1.29 is 13.2 Å². The number of fused-ring (bicyclic) bond motifs is 2. The minimum absolute atomic E-state index is 0.0840. The Kier molecular flexibility index (Phi) is 11.0. The van der Waals surface area contributed by atoms with E-state index in [4.69, 9.17) is 0 Å². The number of nitrogens with zero attached hydrogens (tertiary/aromatic N) is 1. The first-order valence-corrected chi connectivity index (χ1v) is 21.4. The van der Waals surface area contributed by atoms with E-state index < -0.39 is 15.9 Å². The van der Waals surface area contributed by atoms with Gasteiger partial charge >= 0.3 is 0 Å². The molecule has 53 heavy (non-hydrogen) atoms. The summed E-state index contributed by atoms with van der Waals surface area (Å²) in [4.78, 5) is 15.9. The van der Waals surface area contributed by atoms with E-state index in [1.54, 1.807) is 30.3 Å². The van der Waals surface area contributed by atoms with Crippen LogP contribution < -0.4 is 14.9 Å². The fraction of sp³-hybridized carbons (Fsp3) is 0.457. The van der Waals surface area contributed by atoms with Crippen LogP contribution in [0, 0.1) is 36.0 Å². The maximum Gasteiger partial charge on any atom is 0.264 e. The first-order chi connectivity index (χ1) is 25.5. The van der Waals surface area contributed by atoms with E-state index in [0.29, 0.717) is 28.9 Å². The summed E-state index contributed by atoms with van der Waals surface area (Å²) in [6, 6.07) is 32.4. The highest BCUT2D eigenvalue weighted by atomic mass is 32.2. The van der Waals surface area contributed by atoms with Gasteiger partial charge in [0.05, 0.1) is 4.90 Å². The molecule has 4 saturated carbocycles. The molecule has 4 atom stereocenters. The summed E-state index contributed by atoms with van der Waals surface area (Å²) in [5.74, 6) is 2.23. The Labute approximate surface area is 317 Å². The van der Waals surface area contributed by atoms with Crippen molar-refractivity contribution in [1.29, 1.82) is 0 Å². The Morgan fingerprint density at radius 2 is 1.53 bits per heavy atom. The predicted molar refractivity (Wildman–Crippen MR) is 218 cm³/mol. The monoisotopic (exact) mass is 731 g/mol. The quantitative estimate of drug-likeness (QED) is 0.143. The zero-order chi connectivity index (χ0) is 37.2. The minimum Gasteiger partial charge on any atom is -0.385 e. The van der Waals surface area contributed by atoms with Crippen LogP contribution in [-0.2, 0) is 16.4 Å². The highest BCUT2D eigenvalue weighted by Crippen LogP contribution is 2.62. The number of hydrogen-bond donors (Lipinski definition) is 2. The molecular weight excluding hydrogens is 675 g/mol. The lowest BCUT2D eigenvalue weighted by Crippen LogP contribution is -2.61. The summed E-state index contributed by atoms with van der Waals surface area (Å²) in [5.41, 5.74) is 7.22. The third-order valence-corrected chi connectivity index (χ3v) is 14.5. The van der Waals surface area contributed by atoms with Gasteiger partial charge in [-0.05, 0) is 139 Å². The number of carbonyl (C=O) groups is 1. The predicted octanol–water partition coefficient (Wildman–Crippen LogP) is 10.3. The maximum absolute atomic E-state index is 13.2. The molecule has 280 valence electrons. The van der Waals surface area contributed by atoms with Crippen molar-refractivity contribution in [3.05, 3.63) is 114 Å². The van der Waals surface area contributed by atoms with Gasteiger partial charge in [-0.25, -0.2) is 13.1 Å². The lowest BCUT2D eigenvalue weighted by Gasteiger charge is -2.63. The second-order valence-electron chi connectivity index (χ2n) is 16.7. The smallest absolute Gasteiger partial charge is 0.264 e.